The molecule has 3 aliphatic heterocycles. The SMILES string of the molecule is CC[C@H]1CCCCN1CCCNC(=O)[C@@H]1CCCN(S(=O)(=O)N2CCOCC2)C1. The van der Waals surface area contributed by atoms with Crippen molar-refractivity contribution in [1.29, 1.82) is 0 Å². The summed E-state index contributed by atoms with van der Waals surface area (Å²) in [6.45, 7) is 7.57. The van der Waals surface area contributed by atoms with Gasteiger partial charge in [0.15, 0.2) is 0 Å². The maximum absolute atomic E-state index is 12.9. The van der Waals surface area contributed by atoms with Gasteiger partial charge < -0.3 is 15.0 Å². The Morgan fingerprint density at radius 1 is 1.03 bits per heavy atom. The Morgan fingerprint density at radius 3 is 2.59 bits per heavy atom. The molecule has 0 unspecified atom stereocenters. The fraction of sp³-hybridized carbons (Fsp3) is 0.950. The number of carbonyl (C=O) groups excluding carboxylic acids is 1. The Labute approximate surface area is 176 Å². The van der Waals surface area contributed by atoms with Crippen LogP contribution in [-0.2, 0) is 19.7 Å². The maximum Gasteiger partial charge on any atom is 0.282 e. The van der Waals surface area contributed by atoms with Gasteiger partial charge in [-0.25, -0.2) is 0 Å². The Hall–Kier alpha value is -0.740. The molecule has 0 aromatic carbocycles. The zero-order valence-electron chi connectivity index (χ0n) is 17.9. The van der Waals surface area contributed by atoms with Gasteiger partial charge >= 0.3 is 0 Å². The van der Waals surface area contributed by atoms with Crippen LogP contribution in [0.4, 0.5) is 0 Å². The highest BCUT2D eigenvalue weighted by Crippen LogP contribution is 2.22. The van der Waals surface area contributed by atoms with E-state index in [4.69, 9.17) is 4.74 Å². The van der Waals surface area contributed by atoms with Crippen LogP contribution >= 0.6 is 0 Å². The molecule has 3 heterocycles. The summed E-state index contributed by atoms with van der Waals surface area (Å²) in [5.41, 5.74) is 0. The smallest absolute Gasteiger partial charge is 0.282 e. The number of ether oxygens (including phenoxy) is 1. The molecule has 1 amide bonds. The summed E-state index contributed by atoms with van der Waals surface area (Å²) in [6, 6.07) is 0.691. The van der Waals surface area contributed by atoms with E-state index >= 15 is 0 Å². The van der Waals surface area contributed by atoms with E-state index in [2.05, 4.69) is 17.1 Å². The number of rotatable bonds is 8. The molecule has 29 heavy (non-hydrogen) atoms. The molecule has 3 fully saturated rings. The van der Waals surface area contributed by atoms with Gasteiger partial charge in [-0.15, -0.1) is 0 Å². The summed E-state index contributed by atoms with van der Waals surface area (Å²) in [6.07, 6.45) is 7.53. The molecule has 3 aliphatic rings. The van der Waals surface area contributed by atoms with Gasteiger partial charge in [-0.3, -0.25) is 4.79 Å². The van der Waals surface area contributed by atoms with Crippen LogP contribution in [0.5, 0.6) is 0 Å². The second-order valence-corrected chi connectivity index (χ2v) is 10.4. The highest BCUT2D eigenvalue weighted by molar-refractivity contribution is 7.86. The van der Waals surface area contributed by atoms with Crippen molar-refractivity contribution < 1.29 is 17.9 Å². The number of likely N-dealkylation sites (tertiary alicyclic amines) is 1. The van der Waals surface area contributed by atoms with Crippen molar-refractivity contribution in [2.45, 2.75) is 57.9 Å². The average Bonchev–Trinajstić information content (AvgIpc) is 2.77. The summed E-state index contributed by atoms with van der Waals surface area (Å²) in [4.78, 5) is 15.2. The standard InChI is InChI=1S/C20H38N4O4S/c1-2-19-8-3-4-10-22(19)11-6-9-21-20(25)18-7-5-12-24(17-18)29(26,27)23-13-15-28-16-14-23/h18-19H,2-17H2,1H3,(H,21,25)/t18-,19+/m1/s1. The Kier molecular flexibility index (Phi) is 8.73. The van der Waals surface area contributed by atoms with Crippen molar-refractivity contribution in [2.75, 3.05) is 59.0 Å². The van der Waals surface area contributed by atoms with E-state index < -0.39 is 10.2 Å². The van der Waals surface area contributed by atoms with Crippen LogP contribution in [0.1, 0.15) is 51.9 Å². The van der Waals surface area contributed by atoms with E-state index in [0.717, 1.165) is 25.8 Å². The summed E-state index contributed by atoms with van der Waals surface area (Å²) in [5, 5.41) is 3.06. The van der Waals surface area contributed by atoms with Gasteiger partial charge in [0, 0.05) is 45.3 Å². The molecule has 0 radical (unpaired) electrons. The van der Waals surface area contributed by atoms with E-state index in [-0.39, 0.29) is 18.4 Å². The zero-order valence-corrected chi connectivity index (χ0v) is 18.7. The lowest BCUT2D eigenvalue weighted by atomic mass is 9.98. The van der Waals surface area contributed by atoms with Crippen molar-refractivity contribution in [3.8, 4) is 0 Å². The lowest BCUT2D eigenvalue weighted by Gasteiger charge is -2.36. The number of amides is 1. The van der Waals surface area contributed by atoms with Gasteiger partial charge in [0.25, 0.3) is 10.2 Å². The summed E-state index contributed by atoms with van der Waals surface area (Å²) < 4.78 is 34.0. The first-order chi connectivity index (χ1) is 14.0. The van der Waals surface area contributed by atoms with Gasteiger partial charge in [-0.2, -0.15) is 17.0 Å². The highest BCUT2D eigenvalue weighted by atomic mass is 32.2. The van der Waals surface area contributed by atoms with E-state index in [9.17, 15) is 13.2 Å². The average molecular weight is 431 g/mol. The molecule has 0 spiro atoms. The highest BCUT2D eigenvalue weighted by Gasteiger charge is 2.36. The van der Waals surface area contributed by atoms with Gasteiger partial charge in [0.1, 0.15) is 0 Å². The van der Waals surface area contributed by atoms with Gasteiger partial charge in [-0.05, 0) is 45.1 Å². The van der Waals surface area contributed by atoms with Crippen LogP contribution in [0.25, 0.3) is 0 Å². The third kappa shape index (κ3) is 6.13. The monoisotopic (exact) mass is 430 g/mol. The second kappa shape index (κ2) is 11.0. The van der Waals surface area contributed by atoms with Crippen LogP contribution in [0.3, 0.4) is 0 Å². The minimum Gasteiger partial charge on any atom is -0.379 e. The molecule has 2 atom stereocenters. The lowest BCUT2D eigenvalue weighted by molar-refractivity contribution is -0.126. The molecule has 0 aromatic heterocycles. The molecule has 0 aromatic rings. The van der Waals surface area contributed by atoms with Crippen LogP contribution in [0, 0.1) is 5.92 Å². The van der Waals surface area contributed by atoms with Crippen molar-refractivity contribution in [2.24, 2.45) is 5.92 Å². The number of carbonyl (C=O) groups is 1. The van der Waals surface area contributed by atoms with Crippen LogP contribution in [-0.4, -0.2) is 92.9 Å². The second-order valence-electron chi connectivity index (χ2n) is 8.45. The number of hydrogen-bond donors (Lipinski definition) is 1. The fourth-order valence-electron chi connectivity index (χ4n) is 4.76. The molecule has 168 valence electrons. The molecule has 0 saturated carbocycles. The minimum absolute atomic E-state index is 0.00226. The Balaban J connectivity index is 1.42. The Morgan fingerprint density at radius 2 is 1.83 bits per heavy atom. The lowest BCUT2D eigenvalue weighted by Crippen LogP contribution is -2.53. The third-order valence-electron chi connectivity index (χ3n) is 6.52. The molecule has 0 aliphatic carbocycles. The van der Waals surface area contributed by atoms with Crippen LogP contribution in [0.2, 0.25) is 0 Å². The third-order valence-corrected chi connectivity index (χ3v) is 8.52. The number of piperidine rings is 2. The van der Waals surface area contributed by atoms with E-state index in [1.165, 1.54) is 40.8 Å². The Bertz CT molecular complexity index is 624. The molecule has 8 nitrogen and oxygen atoms in total. The molecule has 1 N–H and O–H groups in total. The first-order valence-electron chi connectivity index (χ1n) is 11.4. The largest absolute Gasteiger partial charge is 0.379 e. The van der Waals surface area contributed by atoms with Gasteiger partial charge in [0.2, 0.25) is 5.91 Å². The summed E-state index contributed by atoms with van der Waals surface area (Å²) >= 11 is 0. The normalized spacial score (nSPS) is 28.3. The predicted octanol–water partition coefficient (Wildman–Crippen LogP) is 1.05. The minimum atomic E-state index is -3.50. The van der Waals surface area contributed by atoms with Crippen molar-refractivity contribution in [3.63, 3.8) is 0 Å². The van der Waals surface area contributed by atoms with E-state index in [1.807, 2.05) is 0 Å². The van der Waals surface area contributed by atoms with Crippen LogP contribution < -0.4 is 5.32 Å². The van der Waals surface area contributed by atoms with Crippen molar-refractivity contribution in [3.05, 3.63) is 0 Å². The molecule has 0 bridgehead atoms. The molecule has 3 rings (SSSR count). The van der Waals surface area contributed by atoms with Crippen LogP contribution in [0.15, 0.2) is 0 Å². The van der Waals surface area contributed by atoms with Crippen molar-refractivity contribution >= 4 is 16.1 Å². The molecular weight excluding hydrogens is 392 g/mol. The molecule has 9 heteroatoms. The summed E-state index contributed by atoms with van der Waals surface area (Å²) in [5.74, 6) is -0.254. The number of nitrogens with zero attached hydrogens (tertiary/aromatic N) is 3. The van der Waals surface area contributed by atoms with E-state index in [1.54, 1.807) is 0 Å². The fourth-order valence-corrected chi connectivity index (χ4v) is 6.43. The number of morpholine rings is 1. The topological polar surface area (TPSA) is 82.2 Å². The summed E-state index contributed by atoms with van der Waals surface area (Å²) in [7, 11) is -3.50. The van der Waals surface area contributed by atoms with E-state index in [0.29, 0.717) is 45.4 Å². The zero-order chi connectivity index (χ0) is 20.7. The quantitative estimate of drug-likeness (QED) is 0.582. The van der Waals surface area contributed by atoms with Crippen molar-refractivity contribution in [1.82, 2.24) is 18.8 Å². The van der Waals surface area contributed by atoms with Gasteiger partial charge in [-0.1, -0.05) is 13.3 Å². The predicted molar refractivity (Wildman–Crippen MR) is 113 cm³/mol. The first-order valence-corrected chi connectivity index (χ1v) is 12.8. The number of hydrogen-bond acceptors (Lipinski definition) is 5. The number of nitrogens with one attached hydrogen (secondary N) is 1. The molecular formula is C20H38N4O4S. The first kappa shape index (κ1) is 22.9. The van der Waals surface area contributed by atoms with Gasteiger partial charge in [0.05, 0.1) is 19.1 Å². The maximum atomic E-state index is 12.9. The molecule has 3 saturated heterocycles.